The zero-order valence-electron chi connectivity index (χ0n) is 10.2. The van der Waals surface area contributed by atoms with Crippen molar-refractivity contribution >= 4 is 5.82 Å². The summed E-state index contributed by atoms with van der Waals surface area (Å²) in [4.78, 5) is 6.51. The summed E-state index contributed by atoms with van der Waals surface area (Å²) < 4.78 is 2.05. The highest BCUT2D eigenvalue weighted by Gasteiger charge is 2.18. The quantitative estimate of drug-likeness (QED) is 0.845. The number of nitrogens with zero attached hydrogens (tertiary/aromatic N) is 5. The molecule has 1 atom stereocenters. The summed E-state index contributed by atoms with van der Waals surface area (Å²) in [7, 11) is 0. The molecular formula is C12H15N5O. The van der Waals surface area contributed by atoms with Gasteiger partial charge in [0.25, 0.3) is 0 Å². The maximum absolute atomic E-state index is 9.60. The normalized spacial score (nSPS) is 16.4. The van der Waals surface area contributed by atoms with Crippen LogP contribution in [0.1, 0.15) is 24.4 Å². The lowest BCUT2D eigenvalue weighted by molar-refractivity contribution is 0.199. The molecule has 1 unspecified atom stereocenters. The zero-order chi connectivity index (χ0) is 12.5. The fourth-order valence-corrected chi connectivity index (χ4v) is 2.13. The Morgan fingerprint density at radius 3 is 3.11 bits per heavy atom. The van der Waals surface area contributed by atoms with Crippen LogP contribution >= 0.6 is 0 Å². The van der Waals surface area contributed by atoms with Crippen molar-refractivity contribution in [1.82, 2.24) is 19.7 Å². The maximum Gasteiger partial charge on any atom is 0.152 e. The van der Waals surface area contributed by atoms with Gasteiger partial charge in [-0.1, -0.05) is 0 Å². The Hall–Kier alpha value is -1.95. The van der Waals surface area contributed by atoms with Crippen LogP contribution in [0, 0.1) is 0 Å². The van der Waals surface area contributed by atoms with E-state index in [1.807, 2.05) is 12.1 Å². The average molecular weight is 245 g/mol. The number of fused-ring (bicyclic) bond motifs is 1. The highest BCUT2D eigenvalue weighted by atomic mass is 16.3. The van der Waals surface area contributed by atoms with Crippen molar-refractivity contribution in [2.45, 2.75) is 26.1 Å². The van der Waals surface area contributed by atoms with E-state index in [0.717, 1.165) is 30.3 Å². The summed E-state index contributed by atoms with van der Waals surface area (Å²) in [6.45, 7) is 4.20. The van der Waals surface area contributed by atoms with E-state index in [4.69, 9.17) is 0 Å². The fourth-order valence-electron chi connectivity index (χ4n) is 2.13. The number of hydrogen-bond acceptors (Lipinski definition) is 5. The molecule has 3 heterocycles. The standard InChI is InChI=1S/C12H15N5O/c1-9(18)10-2-3-13-11(6-10)16-4-5-17-8-14-15-12(17)7-16/h2-3,6,8-9,18H,4-5,7H2,1H3. The van der Waals surface area contributed by atoms with Crippen molar-refractivity contribution in [3.63, 3.8) is 0 Å². The molecule has 1 aliphatic rings. The Morgan fingerprint density at radius 2 is 2.28 bits per heavy atom. The monoisotopic (exact) mass is 245 g/mol. The van der Waals surface area contributed by atoms with E-state index in [0.29, 0.717) is 6.54 Å². The SMILES string of the molecule is CC(O)c1ccnc(N2CCn3cnnc3C2)c1. The second-order valence-corrected chi connectivity index (χ2v) is 4.49. The molecule has 1 N–H and O–H groups in total. The minimum atomic E-state index is -0.472. The lowest BCUT2D eigenvalue weighted by Gasteiger charge is -2.28. The lowest BCUT2D eigenvalue weighted by atomic mass is 10.1. The molecule has 0 aromatic carbocycles. The number of aliphatic hydroxyl groups is 1. The number of pyridine rings is 1. The summed E-state index contributed by atoms with van der Waals surface area (Å²) in [5.74, 6) is 1.83. The van der Waals surface area contributed by atoms with Crippen LogP contribution in [0.4, 0.5) is 5.82 Å². The Kier molecular flexibility index (Phi) is 2.71. The third-order valence-electron chi connectivity index (χ3n) is 3.21. The maximum atomic E-state index is 9.60. The van der Waals surface area contributed by atoms with Crippen molar-refractivity contribution in [3.05, 3.63) is 36.0 Å². The molecule has 94 valence electrons. The van der Waals surface area contributed by atoms with E-state index in [1.54, 1.807) is 19.4 Å². The summed E-state index contributed by atoms with van der Waals surface area (Å²) in [5, 5.41) is 17.6. The summed E-state index contributed by atoms with van der Waals surface area (Å²) >= 11 is 0. The molecule has 0 bridgehead atoms. The largest absolute Gasteiger partial charge is 0.389 e. The van der Waals surface area contributed by atoms with Gasteiger partial charge in [0.2, 0.25) is 0 Å². The van der Waals surface area contributed by atoms with Gasteiger partial charge in [-0.25, -0.2) is 4.98 Å². The van der Waals surface area contributed by atoms with Crippen LogP contribution in [0.3, 0.4) is 0 Å². The third-order valence-corrected chi connectivity index (χ3v) is 3.21. The average Bonchev–Trinajstić information content (AvgIpc) is 2.86. The van der Waals surface area contributed by atoms with Crippen LogP contribution in [0.2, 0.25) is 0 Å². The Morgan fingerprint density at radius 1 is 1.39 bits per heavy atom. The van der Waals surface area contributed by atoms with Crippen LogP contribution in [0.25, 0.3) is 0 Å². The van der Waals surface area contributed by atoms with Gasteiger partial charge in [0, 0.05) is 19.3 Å². The third kappa shape index (κ3) is 1.95. The predicted octanol–water partition coefficient (Wildman–Crippen LogP) is 0.747. The predicted molar refractivity (Wildman–Crippen MR) is 65.9 cm³/mol. The number of aliphatic hydroxyl groups excluding tert-OH is 1. The minimum Gasteiger partial charge on any atom is -0.389 e. The van der Waals surface area contributed by atoms with Gasteiger partial charge in [-0.3, -0.25) is 0 Å². The molecular weight excluding hydrogens is 230 g/mol. The van der Waals surface area contributed by atoms with Crippen molar-refractivity contribution < 1.29 is 5.11 Å². The van der Waals surface area contributed by atoms with E-state index >= 15 is 0 Å². The van der Waals surface area contributed by atoms with Crippen LogP contribution in [-0.4, -0.2) is 31.4 Å². The molecule has 2 aromatic heterocycles. The van der Waals surface area contributed by atoms with Gasteiger partial charge in [0.15, 0.2) is 5.82 Å². The zero-order valence-corrected chi connectivity index (χ0v) is 10.2. The van der Waals surface area contributed by atoms with Gasteiger partial charge in [-0.05, 0) is 24.6 Å². The molecule has 3 rings (SSSR count). The summed E-state index contributed by atoms with van der Waals surface area (Å²) in [5.41, 5.74) is 0.882. The smallest absolute Gasteiger partial charge is 0.152 e. The molecule has 0 aliphatic carbocycles. The van der Waals surface area contributed by atoms with Gasteiger partial charge in [0.1, 0.15) is 12.1 Å². The van der Waals surface area contributed by atoms with Gasteiger partial charge in [0.05, 0.1) is 12.6 Å². The van der Waals surface area contributed by atoms with Crippen molar-refractivity contribution in [3.8, 4) is 0 Å². The topological polar surface area (TPSA) is 67.1 Å². The number of rotatable bonds is 2. The van der Waals surface area contributed by atoms with E-state index < -0.39 is 6.10 Å². The molecule has 2 aromatic rings. The molecule has 6 nitrogen and oxygen atoms in total. The van der Waals surface area contributed by atoms with Crippen LogP contribution in [0.5, 0.6) is 0 Å². The number of aromatic nitrogens is 4. The van der Waals surface area contributed by atoms with Gasteiger partial charge in [-0.15, -0.1) is 10.2 Å². The summed E-state index contributed by atoms with van der Waals surface area (Å²) in [6.07, 6.45) is 3.02. The minimum absolute atomic E-state index is 0.472. The van der Waals surface area contributed by atoms with Crippen molar-refractivity contribution in [1.29, 1.82) is 0 Å². The molecule has 18 heavy (non-hydrogen) atoms. The molecule has 6 heteroatoms. The van der Waals surface area contributed by atoms with E-state index in [-0.39, 0.29) is 0 Å². The number of hydrogen-bond donors (Lipinski definition) is 1. The summed E-state index contributed by atoms with van der Waals surface area (Å²) in [6, 6.07) is 3.76. The molecule has 0 saturated carbocycles. The van der Waals surface area contributed by atoms with E-state index in [2.05, 4.69) is 24.6 Å². The van der Waals surface area contributed by atoms with Crippen molar-refractivity contribution in [2.24, 2.45) is 0 Å². The van der Waals surface area contributed by atoms with Crippen LogP contribution in [-0.2, 0) is 13.1 Å². The lowest BCUT2D eigenvalue weighted by Crippen LogP contribution is -2.34. The second-order valence-electron chi connectivity index (χ2n) is 4.49. The molecule has 0 amide bonds. The first kappa shape index (κ1) is 11.2. The molecule has 0 saturated heterocycles. The Bertz CT molecular complexity index is 551. The molecule has 1 aliphatic heterocycles. The highest BCUT2D eigenvalue weighted by molar-refractivity contribution is 5.42. The van der Waals surface area contributed by atoms with E-state index in [1.165, 1.54) is 0 Å². The van der Waals surface area contributed by atoms with Crippen LogP contribution < -0.4 is 4.90 Å². The first-order chi connectivity index (χ1) is 8.74. The van der Waals surface area contributed by atoms with Gasteiger partial charge >= 0.3 is 0 Å². The molecule has 0 radical (unpaired) electrons. The Labute approximate surface area is 105 Å². The first-order valence-electron chi connectivity index (χ1n) is 5.99. The van der Waals surface area contributed by atoms with Gasteiger partial charge < -0.3 is 14.6 Å². The fraction of sp³-hybridized carbons (Fsp3) is 0.417. The number of anilines is 1. The second kappa shape index (κ2) is 4.38. The molecule has 0 spiro atoms. The van der Waals surface area contributed by atoms with Crippen LogP contribution in [0.15, 0.2) is 24.7 Å². The molecule has 0 fully saturated rings. The Balaban J connectivity index is 1.86. The van der Waals surface area contributed by atoms with Gasteiger partial charge in [-0.2, -0.15) is 0 Å². The highest BCUT2D eigenvalue weighted by Crippen LogP contribution is 2.21. The van der Waals surface area contributed by atoms with Crippen molar-refractivity contribution in [2.75, 3.05) is 11.4 Å². The first-order valence-corrected chi connectivity index (χ1v) is 5.99. The van der Waals surface area contributed by atoms with E-state index in [9.17, 15) is 5.11 Å².